The number of hydrogen-bond acceptors (Lipinski definition) is 6. The highest BCUT2D eigenvalue weighted by atomic mass is 35.5. The molecule has 0 aliphatic carbocycles. The number of cyclic esters (lactones) is 1. The number of halogens is 2. The standard InChI is InChI=1S/C22H13ClFNO5S/c23-16-5-3-15(4-6-16)21-25-20(22(26)29-21)13-14-1-9-18(10-2-14)30-31(27,28)19-11-7-17(24)8-12-19/h1-13H/b20-13-. The highest BCUT2D eigenvalue weighted by Gasteiger charge is 2.24. The molecular formula is C22H13ClFNO5S. The van der Waals surface area contributed by atoms with Crippen molar-refractivity contribution in [2.45, 2.75) is 4.90 Å². The van der Waals surface area contributed by atoms with Crippen molar-refractivity contribution in [2.24, 2.45) is 4.99 Å². The minimum atomic E-state index is -4.10. The van der Waals surface area contributed by atoms with Crippen molar-refractivity contribution < 1.29 is 26.5 Å². The first-order valence-electron chi connectivity index (χ1n) is 8.89. The third-order valence-corrected chi connectivity index (χ3v) is 5.72. The van der Waals surface area contributed by atoms with Crippen LogP contribution in [-0.4, -0.2) is 20.3 Å². The van der Waals surface area contributed by atoms with Crippen LogP contribution in [0.2, 0.25) is 5.02 Å². The number of carbonyl (C=O) groups is 1. The molecule has 1 heterocycles. The van der Waals surface area contributed by atoms with Gasteiger partial charge in [0.15, 0.2) is 5.70 Å². The fourth-order valence-corrected chi connectivity index (χ4v) is 3.73. The smallest absolute Gasteiger partial charge is 0.363 e. The molecule has 3 aromatic rings. The summed E-state index contributed by atoms with van der Waals surface area (Å²) in [6, 6.07) is 17.0. The minimum Gasteiger partial charge on any atom is -0.402 e. The van der Waals surface area contributed by atoms with Crippen molar-refractivity contribution in [2.75, 3.05) is 0 Å². The number of aliphatic imine (C=N–C) groups is 1. The van der Waals surface area contributed by atoms with E-state index in [9.17, 15) is 17.6 Å². The Morgan fingerprint density at radius 1 is 0.935 bits per heavy atom. The van der Waals surface area contributed by atoms with Gasteiger partial charge in [-0.25, -0.2) is 14.2 Å². The number of carbonyl (C=O) groups excluding carboxylic acids is 1. The van der Waals surface area contributed by atoms with Gasteiger partial charge >= 0.3 is 16.1 Å². The maximum atomic E-state index is 13.0. The first-order valence-corrected chi connectivity index (χ1v) is 10.7. The molecule has 0 unspecified atom stereocenters. The summed E-state index contributed by atoms with van der Waals surface area (Å²) >= 11 is 5.85. The van der Waals surface area contributed by atoms with E-state index in [1.54, 1.807) is 36.4 Å². The van der Waals surface area contributed by atoms with Crippen LogP contribution >= 0.6 is 11.6 Å². The van der Waals surface area contributed by atoms with Crippen LogP contribution in [0.3, 0.4) is 0 Å². The molecular weight excluding hydrogens is 445 g/mol. The molecule has 6 nitrogen and oxygen atoms in total. The van der Waals surface area contributed by atoms with Crippen LogP contribution in [0.25, 0.3) is 6.08 Å². The van der Waals surface area contributed by atoms with Gasteiger partial charge in [-0.15, -0.1) is 0 Å². The Balaban J connectivity index is 1.51. The summed E-state index contributed by atoms with van der Waals surface area (Å²) in [4.78, 5) is 16.1. The topological polar surface area (TPSA) is 82.0 Å². The first kappa shape index (κ1) is 20.8. The second-order valence-electron chi connectivity index (χ2n) is 6.40. The molecule has 0 spiro atoms. The van der Waals surface area contributed by atoms with E-state index < -0.39 is 21.9 Å². The molecule has 0 amide bonds. The van der Waals surface area contributed by atoms with Gasteiger partial charge in [0, 0.05) is 10.6 Å². The normalized spacial score (nSPS) is 15.0. The lowest BCUT2D eigenvalue weighted by molar-refractivity contribution is -0.129. The van der Waals surface area contributed by atoms with Crippen LogP contribution in [0.4, 0.5) is 4.39 Å². The highest BCUT2D eigenvalue weighted by molar-refractivity contribution is 7.87. The number of esters is 1. The second-order valence-corrected chi connectivity index (χ2v) is 8.39. The van der Waals surface area contributed by atoms with E-state index in [2.05, 4.69) is 4.99 Å². The Bertz CT molecular complexity index is 1300. The lowest BCUT2D eigenvalue weighted by atomic mass is 10.2. The zero-order valence-electron chi connectivity index (χ0n) is 15.7. The number of nitrogens with zero attached hydrogens (tertiary/aromatic N) is 1. The number of hydrogen-bond donors (Lipinski definition) is 0. The molecule has 0 atom stereocenters. The van der Waals surface area contributed by atoms with Gasteiger partial charge in [0.25, 0.3) is 0 Å². The molecule has 9 heteroatoms. The molecule has 156 valence electrons. The Morgan fingerprint density at radius 2 is 1.58 bits per heavy atom. The predicted octanol–water partition coefficient (Wildman–Crippen LogP) is 4.59. The van der Waals surface area contributed by atoms with Crippen molar-refractivity contribution >= 4 is 39.7 Å². The van der Waals surface area contributed by atoms with E-state index in [4.69, 9.17) is 20.5 Å². The van der Waals surface area contributed by atoms with Crippen LogP contribution in [0.15, 0.2) is 88.4 Å². The average molecular weight is 458 g/mol. The first-order chi connectivity index (χ1) is 14.8. The third kappa shape index (κ3) is 4.82. The van der Waals surface area contributed by atoms with Crippen molar-refractivity contribution in [3.8, 4) is 5.75 Å². The van der Waals surface area contributed by atoms with Crippen LogP contribution in [0, 0.1) is 5.82 Å². The van der Waals surface area contributed by atoms with Crippen LogP contribution in [-0.2, 0) is 19.6 Å². The fraction of sp³-hybridized carbons (Fsp3) is 0. The van der Waals surface area contributed by atoms with E-state index in [-0.39, 0.29) is 22.2 Å². The zero-order chi connectivity index (χ0) is 22.0. The molecule has 1 aliphatic rings. The molecule has 1 aliphatic heterocycles. The molecule has 0 aromatic heterocycles. The van der Waals surface area contributed by atoms with Crippen LogP contribution in [0.5, 0.6) is 5.75 Å². The summed E-state index contributed by atoms with van der Waals surface area (Å²) in [5.41, 5.74) is 1.29. The Morgan fingerprint density at radius 3 is 2.23 bits per heavy atom. The minimum absolute atomic E-state index is 0.0610. The van der Waals surface area contributed by atoms with Crippen molar-refractivity contribution in [1.82, 2.24) is 0 Å². The lowest BCUT2D eigenvalue weighted by Crippen LogP contribution is -2.09. The SMILES string of the molecule is O=C1OC(c2ccc(Cl)cc2)=N/C1=C\c1ccc(OS(=O)(=O)c2ccc(F)cc2)cc1. The van der Waals surface area contributed by atoms with Gasteiger partial charge in [-0.2, -0.15) is 8.42 Å². The van der Waals surface area contributed by atoms with E-state index in [1.807, 2.05) is 0 Å². The average Bonchev–Trinajstić information content (AvgIpc) is 3.10. The largest absolute Gasteiger partial charge is 0.402 e. The summed E-state index contributed by atoms with van der Waals surface area (Å²) in [5, 5.41) is 0.549. The van der Waals surface area contributed by atoms with Crippen molar-refractivity contribution in [3.63, 3.8) is 0 Å². The van der Waals surface area contributed by atoms with Gasteiger partial charge in [-0.1, -0.05) is 23.7 Å². The van der Waals surface area contributed by atoms with Gasteiger partial charge < -0.3 is 8.92 Å². The monoisotopic (exact) mass is 457 g/mol. The van der Waals surface area contributed by atoms with Gasteiger partial charge in [0.1, 0.15) is 16.5 Å². The molecule has 0 radical (unpaired) electrons. The van der Waals surface area contributed by atoms with Crippen LogP contribution in [0.1, 0.15) is 11.1 Å². The zero-order valence-corrected chi connectivity index (χ0v) is 17.2. The molecule has 0 saturated carbocycles. The van der Waals surface area contributed by atoms with E-state index >= 15 is 0 Å². The number of rotatable bonds is 5. The third-order valence-electron chi connectivity index (χ3n) is 4.20. The summed E-state index contributed by atoms with van der Waals surface area (Å²) in [6.45, 7) is 0. The fourth-order valence-electron chi connectivity index (χ4n) is 2.68. The summed E-state index contributed by atoms with van der Waals surface area (Å²) in [7, 11) is -4.10. The van der Waals surface area contributed by atoms with Gasteiger partial charge in [-0.3, -0.25) is 0 Å². The predicted molar refractivity (Wildman–Crippen MR) is 113 cm³/mol. The summed E-state index contributed by atoms with van der Waals surface area (Å²) in [6.07, 6.45) is 1.50. The maximum Gasteiger partial charge on any atom is 0.363 e. The Kier molecular flexibility index (Phi) is 5.58. The number of benzene rings is 3. The molecule has 0 N–H and O–H groups in total. The maximum absolute atomic E-state index is 13.0. The summed E-state index contributed by atoms with van der Waals surface area (Å²) in [5.74, 6) is -0.933. The van der Waals surface area contributed by atoms with Gasteiger partial charge in [0.2, 0.25) is 5.90 Å². The van der Waals surface area contributed by atoms with Gasteiger partial charge in [-0.05, 0) is 72.3 Å². The lowest BCUT2D eigenvalue weighted by Gasteiger charge is -2.07. The molecule has 0 fully saturated rings. The van der Waals surface area contributed by atoms with Crippen molar-refractivity contribution in [3.05, 3.63) is 100 Å². The summed E-state index contributed by atoms with van der Waals surface area (Å²) < 4.78 is 47.8. The Hall–Kier alpha value is -3.49. The van der Waals surface area contributed by atoms with E-state index in [1.165, 1.54) is 18.2 Å². The van der Waals surface area contributed by atoms with E-state index in [0.717, 1.165) is 24.3 Å². The second kappa shape index (κ2) is 8.33. The molecule has 31 heavy (non-hydrogen) atoms. The highest BCUT2D eigenvalue weighted by Crippen LogP contribution is 2.23. The molecule has 0 saturated heterocycles. The van der Waals surface area contributed by atoms with Gasteiger partial charge in [0.05, 0.1) is 0 Å². The molecule has 3 aromatic carbocycles. The number of ether oxygens (including phenoxy) is 1. The molecule has 4 rings (SSSR count). The van der Waals surface area contributed by atoms with Crippen molar-refractivity contribution in [1.29, 1.82) is 0 Å². The molecule has 0 bridgehead atoms. The van der Waals surface area contributed by atoms with Crippen LogP contribution < -0.4 is 4.18 Å². The quantitative estimate of drug-likeness (QED) is 0.318. The Labute approximate surface area is 182 Å². The van der Waals surface area contributed by atoms with E-state index in [0.29, 0.717) is 16.1 Å².